The van der Waals surface area contributed by atoms with Crippen molar-refractivity contribution in [1.82, 2.24) is 19.6 Å². The van der Waals surface area contributed by atoms with E-state index in [4.69, 9.17) is 24.9 Å². The third-order valence-electron chi connectivity index (χ3n) is 7.87. The van der Waals surface area contributed by atoms with Crippen LogP contribution in [0.1, 0.15) is 70.9 Å². The van der Waals surface area contributed by atoms with Crippen molar-refractivity contribution in [2.24, 2.45) is 5.73 Å². The maximum Gasteiger partial charge on any atom is 0.414 e. The van der Waals surface area contributed by atoms with Gasteiger partial charge in [-0.25, -0.2) is 4.98 Å². The summed E-state index contributed by atoms with van der Waals surface area (Å²) in [6, 6.07) is 2.24. The van der Waals surface area contributed by atoms with E-state index in [1.165, 1.54) is 6.92 Å². The van der Waals surface area contributed by atoms with Crippen LogP contribution in [0.5, 0.6) is 0 Å². The molecule has 0 aliphatic heterocycles. The lowest BCUT2D eigenvalue weighted by atomic mass is 10.1. The molecule has 1 saturated carbocycles. The van der Waals surface area contributed by atoms with Crippen molar-refractivity contribution in [3.8, 4) is 0 Å². The number of aromatic nitrogens is 2. The first-order valence-electron chi connectivity index (χ1n) is 16.1. The first kappa shape index (κ1) is 41.0. The minimum atomic E-state index is -4.63. The topological polar surface area (TPSA) is 119 Å². The van der Waals surface area contributed by atoms with Crippen LogP contribution in [0.25, 0.3) is 11.0 Å². The van der Waals surface area contributed by atoms with Crippen molar-refractivity contribution in [1.29, 1.82) is 0 Å². The van der Waals surface area contributed by atoms with E-state index >= 15 is 0 Å². The molecule has 9 nitrogen and oxygen atoms in total. The van der Waals surface area contributed by atoms with Gasteiger partial charge in [0.2, 0.25) is 0 Å². The van der Waals surface area contributed by atoms with Crippen LogP contribution in [0.4, 0.5) is 26.3 Å². The van der Waals surface area contributed by atoms with E-state index in [1.54, 1.807) is 43.5 Å². The maximum atomic E-state index is 13.6. The van der Waals surface area contributed by atoms with E-state index in [2.05, 4.69) is 29.7 Å². The molecule has 0 saturated heterocycles. The molecule has 0 bridgehead atoms. The van der Waals surface area contributed by atoms with Gasteiger partial charge in [0, 0.05) is 32.6 Å². The molecule has 1 aliphatic rings. The van der Waals surface area contributed by atoms with Crippen LogP contribution in [0.15, 0.2) is 18.2 Å². The van der Waals surface area contributed by atoms with E-state index < -0.39 is 73.4 Å². The van der Waals surface area contributed by atoms with Gasteiger partial charge >= 0.3 is 12.4 Å². The number of nitrogens with zero attached hydrogens (tertiary/aromatic N) is 2. The molecule has 2 aromatic rings. The van der Waals surface area contributed by atoms with E-state index in [0.717, 1.165) is 25.8 Å². The highest BCUT2D eigenvalue weighted by Crippen LogP contribution is 2.33. The van der Waals surface area contributed by atoms with Crippen molar-refractivity contribution in [3.05, 3.63) is 29.6 Å². The zero-order valence-corrected chi connectivity index (χ0v) is 30.7. The number of rotatable bonds is 18. The molecule has 48 heavy (non-hydrogen) atoms. The first-order valence-corrected chi connectivity index (χ1v) is 21.0. The SMILES string of the molecule is C[C@H](O[C@H](C)[C@H](N[S@+]([O-])C(C)(C)C)c1nc2cc([C@@H](COC3CC3)NC[C@H](N)C(F)(F)F)ccc2n1COCC[Si](C)(C)C)C(F)(F)F. The average molecular weight is 732 g/mol. The summed E-state index contributed by atoms with van der Waals surface area (Å²) in [6.07, 6.45) is -10.7. The Kier molecular flexibility index (Phi) is 13.9. The number of fused-ring (bicyclic) bond motifs is 1. The maximum absolute atomic E-state index is 13.6. The molecule has 1 fully saturated rings. The zero-order chi connectivity index (χ0) is 36.2. The van der Waals surface area contributed by atoms with Crippen molar-refractivity contribution in [3.63, 3.8) is 0 Å². The van der Waals surface area contributed by atoms with Crippen LogP contribution < -0.4 is 15.8 Å². The number of benzene rings is 1. The van der Waals surface area contributed by atoms with Crippen LogP contribution in [0, 0.1) is 0 Å². The summed E-state index contributed by atoms with van der Waals surface area (Å²) < 4.78 is 115. The van der Waals surface area contributed by atoms with Gasteiger partial charge in [-0.3, -0.25) is 0 Å². The Labute approximate surface area is 283 Å². The highest BCUT2D eigenvalue weighted by molar-refractivity contribution is 7.90. The molecular formula is C31H51F6N5O4SSi. The molecule has 6 atom stereocenters. The fourth-order valence-corrected chi connectivity index (χ4v) is 6.18. The Morgan fingerprint density at radius 2 is 1.73 bits per heavy atom. The number of alkyl halides is 6. The third-order valence-corrected chi connectivity index (χ3v) is 11.2. The Bertz CT molecular complexity index is 1320. The molecule has 0 amide bonds. The summed E-state index contributed by atoms with van der Waals surface area (Å²) in [7, 11) is -1.45. The lowest BCUT2D eigenvalue weighted by Gasteiger charge is -2.32. The minimum Gasteiger partial charge on any atom is -0.598 e. The smallest absolute Gasteiger partial charge is 0.414 e. The van der Waals surface area contributed by atoms with Crippen molar-refractivity contribution < 1.29 is 45.1 Å². The van der Waals surface area contributed by atoms with Gasteiger partial charge in [-0.2, -0.15) is 26.3 Å². The lowest BCUT2D eigenvalue weighted by molar-refractivity contribution is -0.227. The third kappa shape index (κ3) is 12.4. The fourth-order valence-electron chi connectivity index (χ4n) is 4.54. The monoisotopic (exact) mass is 731 g/mol. The van der Waals surface area contributed by atoms with Crippen LogP contribution >= 0.6 is 0 Å². The number of halogens is 6. The number of ether oxygens (including phenoxy) is 3. The van der Waals surface area contributed by atoms with Gasteiger partial charge in [-0.15, -0.1) is 4.72 Å². The quantitative estimate of drug-likeness (QED) is 0.0689. The molecule has 1 heterocycles. The van der Waals surface area contributed by atoms with Gasteiger partial charge in [0.05, 0.1) is 35.9 Å². The van der Waals surface area contributed by atoms with Gasteiger partial charge in [-0.1, -0.05) is 25.7 Å². The Hall–Kier alpha value is -1.44. The summed E-state index contributed by atoms with van der Waals surface area (Å²) in [4.78, 5) is 4.81. The number of nitrogens with two attached hydrogens (primary N) is 1. The van der Waals surface area contributed by atoms with E-state index in [0.29, 0.717) is 23.2 Å². The molecule has 276 valence electrons. The average Bonchev–Trinajstić information content (AvgIpc) is 3.71. The summed E-state index contributed by atoms with van der Waals surface area (Å²) >= 11 is -1.73. The number of nitrogens with one attached hydrogen (secondary N) is 2. The van der Waals surface area contributed by atoms with Crippen LogP contribution in [-0.2, 0) is 32.3 Å². The number of hydrogen-bond donors (Lipinski definition) is 3. The van der Waals surface area contributed by atoms with Gasteiger partial charge in [0.25, 0.3) is 0 Å². The highest BCUT2D eigenvalue weighted by atomic mass is 32.2. The molecule has 1 aromatic carbocycles. The first-order chi connectivity index (χ1) is 22.0. The Morgan fingerprint density at radius 1 is 1.08 bits per heavy atom. The second-order valence-electron chi connectivity index (χ2n) is 14.6. The standard InChI is InChI=1S/C31H51F6N5O4SSi/c1-19(46-20(2)30(32,33)34)27(41-47(43)29(3,4)5)28-40-23-15-21(9-12-25(23)42(28)18-44-13-14-48(6,7)8)24(17-45-22-10-11-22)39-16-26(38)31(35,36)37/h9,12,15,19-20,22,24,26-27,39,41H,10-11,13-14,16-18,38H2,1-8H3/t19-,20+,24-,26+,27+,47-/m1/s1. The molecule has 4 N–H and O–H groups in total. The van der Waals surface area contributed by atoms with Gasteiger partial charge in [0.1, 0.15) is 29.4 Å². The molecule has 0 spiro atoms. The summed E-state index contributed by atoms with van der Waals surface area (Å²) in [6.45, 7) is 14.2. The minimum absolute atomic E-state index is 0.00441. The van der Waals surface area contributed by atoms with Crippen molar-refractivity contribution >= 4 is 30.5 Å². The second-order valence-corrected chi connectivity index (χ2v) is 22.3. The van der Waals surface area contributed by atoms with Crippen LogP contribution in [-0.4, -0.2) is 83.4 Å². The Balaban J connectivity index is 2.07. The number of imidazole rings is 1. The molecule has 1 aliphatic carbocycles. The Morgan fingerprint density at radius 3 is 2.27 bits per heavy atom. The van der Waals surface area contributed by atoms with E-state index in [-0.39, 0.29) is 25.3 Å². The van der Waals surface area contributed by atoms with Gasteiger partial charge < -0.3 is 34.4 Å². The normalized spacial score (nSPS) is 18.9. The van der Waals surface area contributed by atoms with E-state index in [1.807, 2.05) is 0 Å². The van der Waals surface area contributed by atoms with Crippen LogP contribution in [0.3, 0.4) is 0 Å². The largest absolute Gasteiger partial charge is 0.598 e. The van der Waals surface area contributed by atoms with Gasteiger partial charge in [0.15, 0.2) is 6.10 Å². The molecule has 0 unspecified atom stereocenters. The summed E-state index contributed by atoms with van der Waals surface area (Å²) in [5, 5.41) is 2.88. The predicted molar refractivity (Wildman–Crippen MR) is 177 cm³/mol. The van der Waals surface area contributed by atoms with Gasteiger partial charge in [-0.05, 0) is 71.2 Å². The predicted octanol–water partition coefficient (Wildman–Crippen LogP) is 6.50. The molecular weight excluding hydrogens is 681 g/mol. The van der Waals surface area contributed by atoms with Crippen molar-refractivity contribution in [2.75, 3.05) is 19.8 Å². The molecule has 3 rings (SSSR count). The number of hydrogen-bond acceptors (Lipinski definition) is 8. The molecule has 1 aromatic heterocycles. The lowest BCUT2D eigenvalue weighted by Crippen LogP contribution is -2.47. The highest BCUT2D eigenvalue weighted by Gasteiger charge is 2.42. The summed E-state index contributed by atoms with van der Waals surface area (Å²) in [5.74, 6) is 0.243. The summed E-state index contributed by atoms with van der Waals surface area (Å²) in [5.41, 5.74) is 6.94. The zero-order valence-electron chi connectivity index (χ0n) is 28.9. The fraction of sp³-hybridized carbons (Fsp3) is 0.774. The van der Waals surface area contributed by atoms with Crippen LogP contribution in [0.2, 0.25) is 25.7 Å². The molecule has 17 heteroatoms. The van der Waals surface area contributed by atoms with E-state index in [9.17, 15) is 30.9 Å². The molecule has 0 radical (unpaired) electrons. The van der Waals surface area contributed by atoms with Crippen molar-refractivity contribution in [2.45, 2.75) is 133 Å². The second kappa shape index (κ2) is 16.3.